The molecule has 0 spiro atoms. The number of aliphatic hydroxyl groups excluding tert-OH is 1. The SMILES string of the molecule is CCCc1ccccc1-c1cc(OCc2ccc[c]c2CO)c(C(O)(CC)CC)cc1C. The maximum atomic E-state index is 11.4. The zero-order valence-corrected chi connectivity index (χ0v) is 19.7. The second-order valence-corrected chi connectivity index (χ2v) is 8.43. The first-order valence-corrected chi connectivity index (χ1v) is 11.6. The number of hydrogen-bond donors (Lipinski definition) is 2. The van der Waals surface area contributed by atoms with Gasteiger partial charge in [-0.05, 0) is 77.8 Å². The van der Waals surface area contributed by atoms with Crippen LogP contribution in [0.3, 0.4) is 0 Å². The van der Waals surface area contributed by atoms with Crippen molar-refractivity contribution in [2.75, 3.05) is 0 Å². The van der Waals surface area contributed by atoms with Crippen molar-refractivity contribution in [3.8, 4) is 16.9 Å². The fourth-order valence-electron chi connectivity index (χ4n) is 4.31. The van der Waals surface area contributed by atoms with Crippen molar-refractivity contribution < 1.29 is 14.9 Å². The molecular formula is C29H35O3. The first-order chi connectivity index (χ1) is 15.5. The van der Waals surface area contributed by atoms with Gasteiger partial charge in [0.05, 0.1) is 12.2 Å². The molecular weight excluding hydrogens is 396 g/mol. The summed E-state index contributed by atoms with van der Waals surface area (Å²) in [5.74, 6) is 0.691. The van der Waals surface area contributed by atoms with Crippen LogP contribution in [0.15, 0.2) is 54.6 Å². The Balaban J connectivity index is 2.11. The zero-order chi connectivity index (χ0) is 23.1. The Morgan fingerprint density at radius 1 is 0.938 bits per heavy atom. The summed E-state index contributed by atoms with van der Waals surface area (Å²) in [5, 5.41) is 21.0. The Bertz CT molecular complexity index is 1030. The highest BCUT2D eigenvalue weighted by atomic mass is 16.5. The smallest absolute Gasteiger partial charge is 0.126 e. The summed E-state index contributed by atoms with van der Waals surface area (Å²) in [4.78, 5) is 0. The van der Waals surface area contributed by atoms with Crippen LogP contribution in [0.5, 0.6) is 5.75 Å². The molecule has 0 atom stereocenters. The highest BCUT2D eigenvalue weighted by Gasteiger charge is 2.30. The van der Waals surface area contributed by atoms with Crippen LogP contribution < -0.4 is 4.74 Å². The first kappa shape index (κ1) is 24.0. The molecule has 3 rings (SSSR count). The molecule has 3 aromatic carbocycles. The normalized spacial score (nSPS) is 11.6. The van der Waals surface area contributed by atoms with E-state index in [1.54, 1.807) is 6.07 Å². The van der Waals surface area contributed by atoms with E-state index in [-0.39, 0.29) is 6.61 Å². The summed E-state index contributed by atoms with van der Waals surface area (Å²) < 4.78 is 6.34. The largest absolute Gasteiger partial charge is 0.488 e. The third kappa shape index (κ3) is 5.06. The van der Waals surface area contributed by atoms with Crippen LogP contribution in [0, 0.1) is 13.0 Å². The molecule has 0 aromatic heterocycles. The summed E-state index contributed by atoms with van der Waals surface area (Å²) in [6, 6.07) is 21.4. The molecule has 0 aliphatic rings. The highest BCUT2D eigenvalue weighted by Crippen LogP contribution is 2.41. The van der Waals surface area contributed by atoms with Crippen molar-refractivity contribution in [3.05, 3.63) is 88.5 Å². The summed E-state index contributed by atoms with van der Waals surface area (Å²) in [6.07, 6.45) is 3.30. The molecule has 3 aromatic rings. The molecule has 0 aliphatic heterocycles. The van der Waals surface area contributed by atoms with Crippen molar-refractivity contribution >= 4 is 0 Å². The number of benzene rings is 3. The number of hydrogen-bond acceptors (Lipinski definition) is 3. The van der Waals surface area contributed by atoms with Gasteiger partial charge in [-0.1, -0.05) is 69.7 Å². The minimum Gasteiger partial charge on any atom is -0.488 e. The van der Waals surface area contributed by atoms with Crippen molar-refractivity contribution in [2.24, 2.45) is 0 Å². The molecule has 2 N–H and O–H groups in total. The quantitative estimate of drug-likeness (QED) is 0.385. The van der Waals surface area contributed by atoms with Gasteiger partial charge in [0.25, 0.3) is 0 Å². The van der Waals surface area contributed by atoms with Crippen molar-refractivity contribution in [1.82, 2.24) is 0 Å². The van der Waals surface area contributed by atoms with Crippen molar-refractivity contribution in [2.45, 2.75) is 72.2 Å². The number of ether oxygens (including phenoxy) is 1. The van der Waals surface area contributed by atoms with Crippen molar-refractivity contribution in [3.63, 3.8) is 0 Å². The molecule has 0 saturated carbocycles. The molecule has 0 heterocycles. The lowest BCUT2D eigenvalue weighted by Crippen LogP contribution is -2.25. The fraction of sp³-hybridized carbons (Fsp3) is 0.379. The van der Waals surface area contributed by atoms with E-state index in [0.29, 0.717) is 25.2 Å². The van der Waals surface area contributed by atoms with Gasteiger partial charge in [0, 0.05) is 5.56 Å². The van der Waals surface area contributed by atoms with Gasteiger partial charge in [-0.3, -0.25) is 0 Å². The van der Waals surface area contributed by atoms with Crippen LogP contribution in [0.2, 0.25) is 0 Å². The molecule has 0 saturated heterocycles. The predicted octanol–water partition coefficient (Wildman–Crippen LogP) is 6.49. The second-order valence-electron chi connectivity index (χ2n) is 8.43. The van der Waals surface area contributed by atoms with E-state index < -0.39 is 5.60 Å². The van der Waals surface area contributed by atoms with E-state index in [9.17, 15) is 10.2 Å². The Labute approximate surface area is 192 Å². The molecule has 169 valence electrons. The zero-order valence-electron chi connectivity index (χ0n) is 19.7. The Hall–Kier alpha value is -2.62. The maximum absolute atomic E-state index is 11.4. The Morgan fingerprint density at radius 2 is 1.66 bits per heavy atom. The van der Waals surface area contributed by atoms with Gasteiger partial charge in [-0.25, -0.2) is 0 Å². The van der Waals surface area contributed by atoms with E-state index in [4.69, 9.17) is 4.74 Å². The van der Waals surface area contributed by atoms with Crippen molar-refractivity contribution in [1.29, 1.82) is 0 Å². The summed E-state index contributed by atoms with van der Waals surface area (Å²) in [5.41, 5.74) is 6.28. The van der Waals surface area contributed by atoms with E-state index in [2.05, 4.69) is 56.3 Å². The van der Waals surface area contributed by atoms with Gasteiger partial charge in [-0.2, -0.15) is 0 Å². The number of aliphatic hydroxyl groups is 2. The molecule has 0 aliphatic carbocycles. The molecule has 0 unspecified atom stereocenters. The molecule has 3 nitrogen and oxygen atoms in total. The van der Waals surface area contributed by atoms with E-state index in [0.717, 1.165) is 40.7 Å². The van der Waals surface area contributed by atoms with Crippen LogP contribution in [0.25, 0.3) is 11.1 Å². The number of rotatable bonds is 10. The minimum atomic E-state index is -0.954. The second kappa shape index (κ2) is 10.8. The molecule has 1 radical (unpaired) electrons. The fourth-order valence-corrected chi connectivity index (χ4v) is 4.31. The van der Waals surface area contributed by atoms with Gasteiger partial charge in [0.2, 0.25) is 0 Å². The first-order valence-electron chi connectivity index (χ1n) is 11.6. The van der Waals surface area contributed by atoms with Gasteiger partial charge in [0.15, 0.2) is 0 Å². The molecule has 0 fully saturated rings. The van der Waals surface area contributed by atoms with E-state index >= 15 is 0 Å². The summed E-state index contributed by atoms with van der Waals surface area (Å²) in [7, 11) is 0. The van der Waals surface area contributed by atoms with Crippen LogP contribution in [0.4, 0.5) is 0 Å². The average Bonchev–Trinajstić information content (AvgIpc) is 2.83. The predicted molar refractivity (Wildman–Crippen MR) is 131 cm³/mol. The van der Waals surface area contributed by atoms with Gasteiger partial charge in [0.1, 0.15) is 12.4 Å². The Kier molecular flexibility index (Phi) is 8.11. The van der Waals surface area contributed by atoms with E-state index in [1.807, 2.05) is 26.0 Å². The monoisotopic (exact) mass is 431 g/mol. The van der Waals surface area contributed by atoms with Crippen LogP contribution in [-0.4, -0.2) is 10.2 Å². The average molecular weight is 432 g/mol. The third-order valence-electron chi connectivity index (χ3n) is 6.40. The van der Waals surface area contributed by atoms with Crippen LogP contribution in [-0.2, 0) is 25.2 Å². The molecule has 3 heteroatoms. The topological polar surface area (TPSA) is 49.7 Å². The minimum absolute atomic E-state index is 0.0796. The van der Waals surface area contributed by atoms with E-state index in [1.165, 1.54) is 11.1 Å². The lowest BCUT2D eigenvalue weighted by Gasteiger charge is -2.29. The lowest BCUT2D eigenvalue weighted by molar-refractivity contribution is 0.0251. The lowest BCUT2D eigenvalue weighted by atomic mass is 9.84. The van der Waals surface area contributed by atoms with Gasteiger partial charge < -0.3 is 14.9 Å². The van der Waals surface area contributed by atoms with Gasteiger partial charge >= 0.3 is 0 Å². The Morgan fingerprint density at radius 3 is 2.34 bits per heavy atom. The molecule has 0 amide bonds. The standard InChI is InChI=1S/C29H35O3/c1-5-12-22-13-10-11-16-25(22)26-18-28(27(17-21(26)4)29(31,6-2)7-3)32-20-24-15-9-8-14-23(24)19-30/h8-11,13,15-18,30-31H,5-7,12,19-20H2,1-4H3. The molecule has 32 heavy (non-hydrogen) atoms. The maximum Gasteiger partial charge on any atom is 0.126 e. The third-order valence-corrected chi connectivity index (χ3v) is 6.40. The van der Waals surface area contributed by atoms with Gasteiger partial charge in [-0.15, -0.1) is 0 Å². The summed E-state index contributed by atoms with van der Waals surface area (Å²) in [6.45, 7) is 8.53. The summed E-state index contributed by atoms with van der Waals surface area (Å²) >= 11 is 0. The molecule has 0 bridgehead atoms. The van der Waals surface area contributed by atoms with Crippen LogP contribution in [0.1, 0.15) is 67.9 Å². The van der Waals surface area contributed by atoms with Crippen LogP contribution >= 0.6 is 0 Å². The highest BCUT2D eigenvalue weighted by molar-refractivity contribution is 5.73. The number of aryl methyl sites for hydroxylation is 2.